The van der Waals surface area contributed by atoms with Crippen LogP contribution in [0.3, 0.4) is 0 Å². The van der Waals surface area contributed by atoms with E-state index in [0.717, 1.165) is 33.4 Å². The van der Waals surface area contributed by atoms with Gasteiger partial charge in [0.25, 0.3) is 0 Å². The summed E-state index contributed by atoms with van der Waals surface area (Å²) in [4.78, 5) is 26.6. The van der Waals surface area contributed by atoms with Gasteiger partial charge in [0.15, 0.2) is 5.78 Å². The Bertz CT molecular complexity index is 1100. The van der Waals surface area contributed by atoms with Crippen LogP contribution in [0, 0.1) is 5.41 Å². The fourth-order valence-electron chi connectivity index (χ4n) is 4.53. The van der Waals surface area contributed by atoms with Gasteiger partial charge in [0.1, 0.15) is 6.61 Å². The lowest BCUT2D eigenvalue weighted by molar-refractivity contribution is -0.140. The number of halogens is 1. The number of allylic oxidation sites excluding steroid dienone is 3. The predicted molar refractivity (Wildman–Crippen MR) is 124 cm³/mol. The lowest BCUT2D eigenvalue weighted by atomic mass is 9.68. The third-order valence-electron chi connectivity index (χ3n) is 5.89. The van der Waals surface area contributed by atoms with Crippen LogP contribution in [-0.2, 0) is 20.9 Å². The minimum Gasteiger partial charge on any atom is -0.457 e. The number of Topliss-reactive ketones (excluding diaryl/α,β-unsaturated/α-hetero) is 1. The van der Waals surface area contributed by atoms with Crippen LogP contribution in [0.25, 0.3) is 0 Å². The highest BCUT2D eigenvalue weighted by atomic mass is 79.9. The Hall–Kier alpha value is -2.66. The summed E-state index contributed by atoms with van der Waals surface area (Å²) in [7, 11) is 0. The van der Waals surface area contributed by atoms with Crippen molar-refractivity contribution >= 4 is 27.7 Å². The lowest BCUT2D eigenvalue weighted by Gasteiger charge is -2.39. The van der Waals surface area contributed by atoms with Crippen LogP contribution < -0.4 is 5.32 Å². The van der Waals surface area contributed by atoms with Gasteiger partial charge in [-0.1, -0.05) is 78.3 Å². The van der Waals surface area contributed by atoms with Gasteiger partial charge < -0.3 is 10.1 Å². The maximum Gasteiger partial charge on any atom is 0.337 e. The Morgan fingerprint density at radius 2 is 1.77 bits per heavy atom. The first-order chi connectivity index (χ1) is 14.8. The lowest BCUT2D eigenvalue weighted by Crippen LogP contribution is -2.38. The first-order valence-corrected chi connectivity index (χ1v) is 11.3. The van der Waals surface area contributed by atoms with E-state index >= 15 is 0 Å². The van der Waals surface area contributed by atoms with Gasteiger partial charge in [0.2, 0.25) is 0 Å². The van der Waals surface area contributed by atoms with Crippen LogP contribution in [0.1, 0.15) is 50.7 Å². The molecule has 4 nitrogen and oxygen atoms in total. The van der Waals surface area contributed by atoms with Crippen molar-refractivity contribution in [2.24, 2.45) is 5.41 Å². The predicted octanol–water partition coefficient (Wildman–Crippen LogP) is 5.80. The van der Waals surface area contributed by atoms with Gasteiger partial charge in [-0.25, -0.2) is 4.79 Å². The summed E-state index contributed by atoms with van der Waals surface area (Å²) in [6, 6.07) is 17.4. The number of hydrogen-bond acceptors (Lipinski definition) is 4. The van der Waals surface area contributed by atoms with Crippen molar-refractivity contribution in [1.29, 1.82) is 0 Å². The molecule has 1 unspecified atom stereocenters. The summed E-state index contributed by atoms with van der Waals surface area (Å²) < 4.78 is 6.57. The number of ether oxygens (including phenoxy) is 1. The fourth-order valence-corrected chi connectivity index (χ4v) is 5.04. The quantitative estimate of drug-likeness (QED) is 0.563. The number of nitrogens with one attached hydrogen (secondary N) is 1. The first-order valence-electron chi connectivity index (χ1n) is 10.5. The number of carbonyl (C=O) groups is 2. The minimum absolute atomic E-state index is 0.0837. The second kappa shape index (κ2) is 8.46. The molecule has 0 saturated heterocycles. The Morgan fingerprint density at radius 3 is 2.48 bits per heavy atom. The van der Waals surface area contributed by atoms with Crippen molar-refractivity contribution in [3.8, 4) is 0 Å². The van der Waals surface area contributed by atoms with E-state index in [2.05, 4.69) is 35.1 Å². The van der Waals surface area contributed by atoms with E-state index in [-0.39, 0.29) is 17.8 Å². The molecule has 2 aliphatic rings. The normalized spacial score (nSPS) is 20.3. The Labute approximate surface area is 191 Å². The van der Waals surface area contributed by atoms with E-state index < -0.39 is 11.9 Å². The molecule has 0 bridgehead atoms. The highest BCUT2D eigenvalue weighted by Crippen LogP contribution is 2.48. The molecule has 1 aliphatic carbocycles. The second-order valence-corrected chi connectivity index (χ2v) is 9.87. The molecule has 1 atom stereocenters. The Balaban J connectivity index is 1.75. The second-order valence-electron chi connectivity index (χ2n) is 9.01. The molecule has 0 fully saturated rings. The van der Waals surface area contributed by atoms with Gasteiger partial charge >= 0.3 is 5.97 Å². The molecule has 31 heavy (non-hydrogen) atoms. The molecule has 0 spiro atoms. The third-order valence-corrected chi connectivity index (χ3v) is 6.61. The molecular formula is C26H26BrNO3. The average molecular weight is 480 g/mol. The van der Waals surface area contributed by atoms with Crippen LogP contribution in [0.5, 0.6) is 0 Å². The molecule has 2 aromatic rings. The molecule has 2 aromatic carbocycles. The van der Waals surface area contributed by atoms with Crippen LogP contribution in [0.2, 0.25) is 0 Å². The van der Waals surface area contributed by atoms with E-state index in [1.807, 2.05) is 61.5 Å². The zero-order chi connectivity index (χ0) is 22.2. The number of hydrogen-bond donors (Lipinski definition) is 1. The molecule has 160 valence electrons. The van der Waals surface area contributed by atoms with Crippen molar-refractivity contribution in [3.63, 3.8) is 0 Å². The monoisotopic (exact) mass is 479 g/mol. The number of rotatable bonds is 4. The molecule has 4 rings (SSSR count). The van der Waals surface area contributed by atoms with E-state index in [1.165, 1.54) is 0 Å². The van der Waals surface area contributed by atoms with Gasteiger partial charge in [-0.2, -0.15) is 0 Å². The zero-order valence-corrected chi connectivity index (χ0v) is 19.6. The molecule has 0 radical (unpaired) electrons. The molecule has 1 heterocycles. The molecule has 0 saturated carbocycles. The first kappa shape index (κ1) is 21.6. The largest absolute Gasteiger partial charge is 0.457 e. The molecule has 1 N–H and O–H groups in total. The molecule has 5 heteroatoms. The van der Waals surface area contributed by atoms with Gasteiger partial charge in [-0.15, -0.1) is 0 Å². The fraction of sp³-hybridized carbons (Fsp3) is 0.308. The van der Waals surface area contributed by atoms with Gasteiger partial charge in [-0.05, 0) is 36.0 Å². The number of esters is 1. The molecule has 0 aromatic heterocycles. The van der Waals surface area contributed by atoms with E-state index in [4.69, 9.17) is 4.74 Å². The topological polar surface area (TPSA) is 55.4 Å². The summed E-state index contributed by atoms with van der Waals surface area (Å²) in [6.45, 7) is 6.28. The number of dihydropyridines is 1. The summed E-state index contributed by atoms with van der Waals surface area (Å²) in [5, 5.41) is 3.37. The zero-order valence-electron chi connectivity index (χ0n) is 18.0. The Morgan fingerprint density at radius 1 is 1.10 bits per heavy atom. The summed E-state index contributed by atoms with van der Waals surface area (Å²) in [6.07, 6.45) is 1.22. The van der Waals surface area contributed by atoms with Crippen LogP contribution in [-0.4, -0.2) is 11.8 Å². The van der Waals surface area contributed by atoms with Crippen LogP contribution in [0.4, 0.5) is 0 Å². The van der Waals surface area contributed by atoms with E-state index in [9.17, 15) is 9.59 Å². The van der Waals surface area contributed by atoms with E-state index in [1.54, 1.807) is 0 Å². The van der Waals surface area contributed by atoms with Gasteiger partial charge in [0.05, 0.1) is 5.57 Å². The standard InChI is InChI=1S/C26H26BrNO3/c1-16-22(25(30)31-15-17-9-5-4-6-10-17)23(18-11-7-8-12-19(18)27)24-20(28-16)13-26(2,3)14-21(24)29/h4-12,23,28H,13-15H2,1-3H3. The number of benzene rings is 2. The van der Waals surface area contributed by atoms with Gasteiger partial charge in [0, 0.05) is 33.8 Å². The van der Waals surface area contributed by atoms with Crippen LogP contribution >= 0.6 is 15.9 Å². The highest BCUT2D eigenvalue weighted by Gasteiger charge is 2.43. The van der Waals surface area contributed by atoms with Crippen molar-refractivity contribution < 1.29 is 14.3 Å². The van der Waals surface area contributed by atoms with Crippen molar-refractivity contribution in [2.75, 3.05) is 0 Å². The molecular weight excluding hydrogens is 454 g/mol. The number of ketones is 1. The summed E-state index contributed by atoms with van der Waals surface area (Å²) in [5.74, 6) is -0.780. The Kier molecular flexibility index (Phi) is 5.89. The van der Waals surface area contributed by atoms with Gasteiger partial charge in [-0.3, -0.25) is 4.79 Å². The van der Waals surface area contributed by atoms with Crippen molar-refractivity contribution in [3.05, 3.63) is 92.7 Å². The molecule has 1 aliphatic heterocycles. The summed E-state index contributed by atoms with van der Waals surface area (Å²) in [5.41, 5.74) is 4.54. The van der Waals surface area contributed by atoms with Crippen molar-refractivity contribution in [1.82, 2.24) is 5.32 Å². The highest BCUT2D eigenvalue weighted by molar-refractivity contribution is 9.10. The molecule has 0 amide bonds. The maximum absolute atomic E-state index is 13.3. The van der Waals surface area contributed by atoms with Crippen molar-refractivity contribution in [2.45, 2.75) is 46.1 Å². The average Bonchev–Trinajstić information content (AvgIpc) is 2.71. The SMILES string of the molecule is CC1=C(C(=O)OCc2ccccc2)C(c2ccccc2Br)C2=C(CC(C)(C)CC2=O)N1. The number of carbonyl (C=O) groups excluding carboxylic acids is 2. The van der Waals surface area contributed by atoms with E-state index in [0.29, 0.717) is 17.6 Å². The minimum atomic E-state index is -0.460. The maximum atomic E-state index is 13.3. The van der Waals surface area contributed by atoms with Crippen LogP contribution in [0.15, 0.2) is 81.6 Å². The smallest absolute Gasteiger partial charge is 0.337 e. The third kappa shape index (κ3) is 4.38. The summed E-state index contributed by atoms with van der Waals surface area (Å²) >= 11 is 3.63.